The molecule has 29 heavy (non-hydrogen) atoms. The van der Waals surface area contributed by atoms with Crippen molar-refractivity contribution in [3.8, 4) is 5.75 Å². The summed E-state index contributed by atoms with van der Waals surface area (Å²) in [4.78, 5) is 28.6. The summed E-state index contributed by atoms with van der Waals surface area (Å²) in [5, 5.41) is 0. The summed E-state index contributed by atoms with van der Waals surface area (Å²) in [6.45, 7) is 0. The van der Waals surface area contributed by atoms with Crippen LogP contribution >= 0.6 is 15.9 Å². The predicted molar refractivity (Wildman–Crippen MR) is 113 cm³/mol. The van der Waals surface area contributed by atoms with Gasteiger partial charge in [0.05, 0.1) is 5.56 Å². The van der Waals surface area contributed by atoms with Crippen molar-refractivity contribution < 1.29 is 19.1 Å². The molecule has 142 valence electrons. The molecule has 0 bridgehead atoms. The van der Waals surface area contributed by atoms with E-state index in [9.17, 15) is 9.59 Å². The Kier molecular flexibility index (Phi) is 5.35. The Balaban J connectivity index is 1.49. The molecule has 1 aliphatic heterocycles. The Labute approximate surface area is 175 Å². The summed E-state index contributed by atoms with van der Waals surface area (Å²) < 4.78 is 11.3. The maximum Gasteiger partial charge on any atom is 0.363 e. The van der Waals surface area contributed by atoms with E-state index in [1.54, 1.807) is 48.5 Å². The minimum atomic E-state index is -0.506. The Hall–Kier alpha value is -3.51. The number of nitrogens with zero attached hydrogens (tertiary/aromatic N) is 1. The van der Waals surface area contributed by atoms with Crippen molar-refractivity contribution >= 4 is 39.8 Å². The number of hydrogen-bond donors (Lipinski definition) is 0. The van der Waals surface area contributed by atoms with Crippen LogP contribution in [0.25, 0.3) is 6.08 Å². The van der Waals surface area contributed by atoms with Crippen LogP contribution in [0.15, 0.2) is 94.0 Å². The molecule has 1 heterocycles. The second kappa shape index (κ2) is 8.24. The van der Waals surface area contributed by atoms with Crippen molar-refractivity contribution in [2.75, 3.05) is 0 Å². The zero-order valence-electron chi connectivity index (χ0n) is 15.0. The van der Waals surface area contributed by atoms with E-state index >= 15 is 0 Å². The number of cyclic esters (lactones) is 1. The van der Waals surface area contributed by atoms with Crippen LogP contribution in [0, 0.1) is 0 Å². The molecular formula is C23H14BrNO4. The molecule has 1 aliphatic rings. The van der Waals surface area contributed by atoms with Gasteiger partial charge in [-0.3, -0.25) is 0 Å². The van der Waals surface area contributed by atoms with Crippen LogP contribution in [0.5, 0.6) is 5.75 Å². The molecule has 6 heteroatoms. The van der Waals surface area contributed by atoms with Crippen LogP contribution in [0.2, 0.25) is 0 Å². The van der Waals surface area contributed by atoms with Gasteiger partial charge in [0.25, 0.3) is 0 Å². The fraction of sp³-hybridized carbons (Fsp3) is 0. The maximum absolute atomic E-state index is 12.3. The molecule has 0 fully saturated rings. The van der Waals surface area contributed by atoms with E-state index in [2.05, 4.69) is 20.9 Å². The SMILES string of the molecule is O=C1OC(c2ccccc2)=N/C1=C/c1ccc(OC(=O)c2ccccc2Br)cc1. The predicted octanol–water partition coefficient (Wildman–Crippen LogP) is 5.01. The highest BCUT2D eigenvalue weighted by atomic mass is 79.9. The van der Waals surface area contributed by atoms with Crippen LogP contribution in [-0.2, 0) is 9.53 Å². The second-order valence-electron chi connectivity index (χ2n) is 6.14. The lowest BCUT2D eigenvalue weighted by Crippen LogP contribution is -2.09. The summed E-state index contributed by atoms with van der Waals surface area (Å²) >= 11 is 3.33. The third kappa shape index (κ3) is 4.33. The summed E-state index contributed by atoms with van der Waals surface area (Å²) in [7, 11) is 0. The number of carbonyl (C=O) groups excluding carboxylic acids is 2. The zero-order valence-corrected chi connectivity index (χ0v) is 16.6. The van der Waals surface area contributed by atoms with Gasteiger partial charge < -0.3 is 9.47 Å². The van der Waals surface area contributed by atoms with Crippen LogP contribution in [-0.4, -0.2) is 17.8 Å². The third-order valence-corrected chi connectivity index (χ3v) is 4.82. The molecule has 4 rings (SSSR count). The van der Waals surface area contributed by atoms with Gasteiger partial charge in [0.1, 0.15) is 5.75 Å². The van der Waals surface area contributed by atoms with Gasteiger partial charge in [-0.05, 0) is 64.0 Å². The number of ether oxygens (including phenoxy) is 2. The summed E-state index contributed by atoms with van der Waals surface area (Å²) in [6, 6.07) is 23.0. The lowest BCUT2D eigenvalue weighted by atomic mass is 10.2. The standard InChI is InChI=1S/C23H14BrNO4/c24-19-9-5-4-8-18(19)22(26)28-17-12-10-15(11-13-17)14-20-23(27)29-21(25-20)16-6-2-1-3-7-16/h1-14H/b20-14+. The average Bonchev–Trinajstić information content (AvgIpc) is 3.11. The number of hydrogen-bond acceptors (Lipinski definition) is 5. The molecule has 0 aliphatic carbocycles. The third-order valence-electron chi connectivity index (χ3n) is 4.13. The van der Waals surface area contributed by atoms with E-state index in [1.807, 2.05) is 36.4 Å². The van der Waals surface area contributed by atoms with E-state index in [1.165, 1.54) is 0 Å². The average molecular weight is 448 g/mol. The van der Waals surface area contributed by atoms with Crippen molar-refractivity contribution in [1.82, 2.24) is 0 Å². The Bertz CT molecular complexity index is 1140. The second-order valence-corrected chi connectivity index (χ2v) is 6.99. The van der Waals surface area contributed by atoms with Crippen LogP contribution in [0.3, 0.4) is 0 Å². The molecule has 0 saturated carbocycles. The first-order valence-electron chi connectivity index (χ1n) is 8.75. The molecule has 0 spiro atoms. The van der Waals surface area contributed by atoms with Gasteiger partial charge in [0.15, 0.2) is 5.70 Å². The van der Waals surface area contributed by atoms with E-state index in [0.717, 1.165) is 11.1 Å². The monoisotopic (exact) mass is 447 g/mol. The van der Waals surface area contributed by atoms with E-state index in [0.29, 0.717) is 15.8 Å². The lowest BCUT2D eigenvalue weighted by molar-refractivity contribution is -0.129. The maximum atomic E-state index is 12.3. The first kappa shape index (κ1) is 18.8. The van der Waals surface area contributed by atoms with Crippen molar-refractivity contribution in [3.63, 3.8) is 0 Å². The molecular weight excluding hydrogens is 434 g/mol. The topological polar surface area (TPSA) is 65.0 Å². The van der Waals surface area contributed by atoms with Gasteiger partial charge in [-0.1, -0.05) is 42.5 Å². The number of rotatable bonds is 4. The summed E-state index contributed by atoms with van der Waals surface area (Å²) in [5.74, 6) is -0.287. The van der Waals surface area contributed by atoms with Gasteiger partial charge in [-0.2, -0.15) is 0 Å². The lowest BCUT2D eigenvalue weighted by Gasteiger charge is -2.06. The first-order chi connectivity index (χ1) is 14.1. The summed E-state index contributed by atoms with van der Waals surface area (Å²) in [6.07, 6.45) is 1.62. The van der Waals surface area contributed by atoms with Gasteiger partial charge >= 0.3 is 11.9 Å². The Morgan fingerprint density at radius 1 is 0.931 bits per heavy atom. The number of esters is 2. The highest BCUT2D eigenvalue weighted by Crippen LogP contribution is 2.22. The first-order valence-corrected chi connectivity index (χ1v) is 9.54. The molecule has 0 aromatic heterocycles. The smallest absolute Gasteiger partial charge is 0.363 e. The number of benzene rings is 3. The van der Waals surface area contributed by atoms with E-state index < -0.39 is 11.9 Å². The zero-order chi connectivity index (χ0) is 20.2. The van der Waals surface area contributed by atoms with Crippen LogP contribution in [0.1, 0.15) is 21.5 Å². The molecule has 0 amide bonds. The van der Waals surface area contributed by atoms with Crippen LogP contribution < -0.4 is 4.74 Å². The van der Waals surface area contributed by atoms with Gasteiger partial charge in [0, 0.05) is 10.0 Å². The number of halogens is 1. The molecule has 0 atom stereocenters. The fourth-order valence-electron chi connectivity index (χ4n) is 2.69. The number of carbonyl (C=O) groups is 2. The molecule has 3 aromatic carbocycles. The van der Waals surface area contributed by atoms with Crippen molar-refractivity contribution in [3.05, 3.63) is 106 Å². The van der Waals surface area contributed by atoms with Crippen molar-refractivity contribution in [1.29, 1.82) is 0 Å². The largest absolute Gasteiger partial charge is 0.423 e. The van der Waals surface area contributed by atoms with Crippen LogP contribution in [0.4, 0.5) is 0 Å². The summed E-state index contributed by atoms with van der Waals surface area (Å²) in [5.41, 5.74) is 2.12. The minimum Gasteiger partial charge on any atom is -0.423 e. The minimum absolute atomic E-state index is 0.210. The Morgan fingerprint density at radius 2 is 1.62 bits per heavy atom. The molecule has 0 radical (unpaired) electrons. The molecule has 0 saturated heterocycles. The molecule has 5 nitrogen and oxygen atoms in total. The van der Waals surface area contributed by atoms with Gasteiger partial charge in [-0.25, -0.2) is 14.6 Å². The van der Waals surface area contributed by atoms with E-state index in [-0.39, 0.29) is 11.6 Å². The number of aliphatic imine (C=N–C) groups is 1. The highest BCUT2D eigenvalue weighted by molar-refractivity contribution is 9.10. The Morgan fingerprint density at radius 3 is 2.34 bits per heavy atom. The molecule has 0 unspecified atom stereocenters. The fourth-order valence-corrected chi connectivity index (χ4v) is 3.14. The van der Waals surface area contributed by atoms with Crippen molar-refractivity contribution in [2.45, 2.75) is 0 Å². The quantitative estimate of drug-likeness (QED) is 0.320. The normalized spacial score (nSPS) is 14.4. The molecule has 0 N–H and O–H groups in total. The van der Waals surface area contributed by atoms with Crippen molar-refractivity contribution in [2.24, 2.45) is 4.99 Å². The highest BCUT2D eigenvalue weighted by Gasteiger charge is 2.23. The van der Waals surface area contributed by atoms with Gasteiger partial charge in [-0.15, -0.1) is 0 Å². The van der Waals surface area contributed by atoms with E-state index in [4.69, 9.17) is 9.47 Å². The van der Waals surface area contributed by atoms with Gasteiger partial charge in [0.2, 0.25) is 5.90 Å². The molecule has 3 aromatic rings.